The van der Waals surface area contributed by atoms with Crippen LogP contribution in [0, 0.1) is 11.8 Å². The lowest BCUT2D eigenvalue weighted by atomic mass is 10.0. The second kappa shape index (κ2) is 43.0. The number of hydrogen-bond acceptors (Lipinski definition) is 6. The molecular weight excluding hydrogens is 697 g/mol. The molecule has 0 amide bonds. The topological polar surface area (TPSA) is 78.9 Å². The summed E-state index contributed by atoms with van der Waals surface area (Å²) in [5.41, 5.74) is 0. The smallest absolute Gasteiger partial charge is 0.306 e. The molecule has 0 rings (SSSR count). The van der Waals surface area contributed by atoms with Crippen LogP contribution in [0.25, 0.3) is 0 Å². The molecule has 6 nitrogen and oxygen atoms in total. The highest BCUT2D eigenvalue weighted by molar-refractivity contribution is 5.71. The number of carbonyl (C=O) groups excluding carboxylic acids is 3. The average molecular weight is 793 g/mol. The van der Waals surface area contributed by atoms with Gasteiger partial charge in [0.05, 0.1) is 0 Å². The standard InChI is InChI=1S/C50H96O6/c1-6-7-8-9-10-18-25-30-35-40-48(51)54-43-47(44-55-49(52)41-36-31-26-21-17-13-15-20-24-29-34-39-46(4)5)56-50(53)42-37-32-27-22-16-12-11-14-19-23-28-33-38-45(2)3/h45-47H,6-44H2,1-5H3/t47-/m1/s1. The van der Waals surface area contributed by atoms with E-state index in [2.05, 4.69) is 34.6 Å². The molecule has 56 heavy (non-hydrogen) atoms. The molecule has 0 aromatic rings. The zero-order chi connectivity index (χ0) is 41.2. The van der Waals surface area contributed by atoms with Crippen LogP contribution in [0.4, 0.5) is 0 Å². The Morgan fingerprint density at radius 3 is 0.875 bits per heavy atom. The fourth-order valence-electron chi connectivity index (χ4n) is 7.46. The first-order valence-electron chi connectivity index (χ1n) is 24.7. The van der Waals surface area contributed by atoms with Crippen molar-refractivity contribution in [3.8, 4) is 0 Å². The summed E-state index contributed by atoms with van der Waals surface area (Å²) in [7, 11) is 0. The number of hydrogen-bond donors (Lipinski definition) is 0. The van der Waals surface area contributed by atoms with E-state index in [9.17, 15) is 14.4 Å². The average Bonchev–Trinajstić information content (AvgIpc) is 3.16. The van der Waals surface area contributed by atoms with Crippen molar-refractivity contribution in [2.75, 3.05) is 13.2 Å². The first-order chi connectivity index (χ1) is 27.2. The SMILES string of the molecule is CCCCCCCCCCCC(=O)OC[C@H](COC(=O)CCCCCCCCCCCCCC(C)C)OC(=O)CCCCCCCCCCCCCCC(C)C. The van der Waals surface area contributed by atoms with Crippen molar-refractivity contribution in [3.63, 3.8) is 0 Å². The van der Waals surface area contributed by atoms with Crippen LogP contribution in [-0.4, -0.2) is 37.2 Å². The minimum atomic E-state index is -0.760. The van der Waals surface area contributed by atoms with Gasteiger partial charge in [0.15, 0.2) is 6.10 Å². The van der Waals surface area contributed by atoms with Crippen LogP contribution in [-0.2, 0) is 28.6 Å². The second-order valence-corrected chi connectivity index (χ2v) is 18.1. The fourth-order valence-corrected chi connectivity index (χ4v) is 7.46. The van der Waals surface area contributed by atoms with Crippen molar-refractivity contribution < 1.29 is 28.6 Å². The van der Waals surface area contributed by atoms with Gasteiger partial charge in [-0.2, -0.15) is 0 Å². The van der Waals surface area contributed by atoms with E-state index >= 15 is 0 Å². The van der Waals surface area contributed by atoms with Crippen molar-refractivity contribution in [2.24, 2.45) is 11.8 Å². The van der Waals surface area contributed by atoms with E-state index in [4.69, 9.17) is 14.2 Å². The minimum absolute atomic E-state index is 0.0642. The number of carbonyl (C=O) groups is 3. The van der Waals surface area contributed by atoms with E-state index in [1.165, 1.54) is 161 Å². The molecule has 6 heteroatoms. The zero-order valence-electron chi connectivity index (χ0n) is 38.3. The summed E-state index contributed by atoms with van der Waals surface area (Å²) in [6.45, 7) is 11.3. The number of esters is 3. The first kappa shape index (κ1) is 54.4. The summed E-state index contributed by atoms with van der Waals surface area (Å²) in [6.07, 6.45) is 42.3. The van der Waals surface area contributed by atoms with E-state index in [0.29, 0.717) is 19.3 Å². The fraction of sp³-hybridized carbons (Fsp3) is 0.940. The molecule has 0 aromatic carbocycles. The molecule has 0 radical (unpaired) electrons. The highest BCUT2D eigenvalue weighted by Crippen LogP contribution is 2.17. The van der Waals surface area contributed by atoms with Crippen molar-refractivity contribution in [2.45, 2.75) is 278 Å². The molecule has 0 aliphatic heterocycles. The van der Waals surface area contributed by atoms with Gasteiger partial charge in [0, 0.05) is 19.3 Å². The van der Waals surface area contributed by atoms with Gasteiger partial charge in [0.1, 0.15) is 13.2 Å². The highest BCUT2D eigenvalue weighted by atomic mass is 16.6. The van der Waals surface area contributed by atoms with Crippen molar-refractivity contribution >= 4 is 17.9 Å². The van der Waals surface area contributed by atoms with Gasteiger partial charge in [0.2, 0.25) is 0 Å². The Labute approximate surface area is 348 Å². The van der Waals surface area contributed by atoms with Crippen LogP contribution in [0.15, 0.2) is 0 Å². The molecule has 332 valence electrons. The van der Waals surface area contributed by atoms with E-state index in [-0.39, 0.29) is 31.1 Å². The normalized spacial score (nSPS) is 12.1. The summed E-state index contributed by atoms with van der Waals surface area (Å²) in [5, 5.41) is 0. The van der Waals surface area contributed by atoms with Gasteiger partial charge < -0.3 is 14.2 Å². The van der Waals surface area contributed by atoms with Crippen LogP contribution >= 0.6 is 0 Å². The third-order valence-corrected chi connectivity index (χ3v) is 11.2. The van der Waals surface area contributed by atoms with E-state index in [1.807, 2.05) is 0 Å². The molecule has 0 heterocycles. The third-order valence-electron chi connectivity index (χ3n) is 11.2. The molecule has 1 atom stereocenters. The lowest BCUT2D eigenvalue weighted by Gasteiger charge is -2.18. The predicted octanol–water partition coefficient (Wildman–Crippen LogP) is 15.8. The number of ether oxygens (including phenoxy) is 3. The molecule has 0 bridgehead atoms. The highest BCUT2D eigenvalue weighted by Gasteiger charge is 2.19. The molecule has 0 saturated heterocycles. The molecule has 0 N–H and O–H groups in total. The van der Waals surface area contributed by atoms with E-state index in [1.54, 1.807) is 0 Å². The Morgan fingerprint density at radius 1 is 0.339 bits per heavy atom. The monoisotopic (exact) mass is 793 g/mol. The maximum Gasteiger partial charge on any atom is 0.306 e. The van der Waals surface area contributed by atoms with Crippen LogP contribution in [0.1, 0.15) is 272 Å². The Bertz CT molecular complexity index is 854. The Morgan fingerprint density at radius 2 is 0.589 bits per heavy atom. The first-order valence-corrected chi connectivity index (χ1v) is 24.7. The Hall–Kier alpha value is -1.59. The molecule has 0 aliphatic carbocycles. The Balaban J connectivity index is 4.29. The largest absolute Gasteiger partial charge is 0.462 e. The summed E-state index contributed by atoms with van der Waals surface area (Å²) in [6, 6.07) is 0. The number of rotatable bonds is 44. The second-order valence-electron chi connectivity index (χ2n) is 18.1. The van der Waals surface area contributed by atoms with Crippen LogP contribution in [0.2, 0.25) is 0 Å². The van der Waals surface area contributed by atoms with Crippen LogP contribution in [0.5, 0.6) is 0 Å². The molecule has 0 saturated carbocycles. The van der Waals surface area contributed by atoms with Gasteiger partial charge in [-0.25, -0.2) is 0 Å². The summed E-state index contributed by atoms with van der Waals surface area (Å²) in [5.74, 6) is 0.805. The molecule has 0 fully saturated rings. The quantitative estimate of drug-likeness (QED) is 0.0347. The summed E-state index contributed by atoms with van der Waals surface area (Å²) < 4.78 is 16.8. The molecule has 0 aromatic heterocycles. The van der Waals surface area contributed by atoms with Crippen LogP contribution in [0.3, 0.4) is 0 Å². The van der Waals surface area contributed by atoms with Gasteiger partial charge in [-0.05, 0) is 31.1 Å². The molecule has 0 unspecified atom stereocenters. The molecular formula is C50H96O6. The van der Waals surface area contributed by atoms with Crippen molar-refractivity contribution in [1.29, 1.82) is 0 Å². The van der Waals surface area contributed by atoms with Gasteiger partial charge in [-0.3, -0.25) is 14.4 Å². The van der Waals surface area contributed by atoms with Gasteiger partial charge in [-0.15, -0.1) is 0 Å². The summed E-state index contributed by atoms with van der Waals surface area (Å²) in [4.78, 5) is 37.8. The van der Waals surface area contributed by atoms with E-state index in [0.717, 1.165) is 69.6 Å². The Kier molecular flexibility index (Phi) is 41.8. The van der Waals surface area contributed by atoms with E-state index < -0.39 is 6.10 Å². The molecule has 0 spiro atoms. The zero-order valence-corrected chi connectivity index (χ0v) is 38.3. The van der Waals surface area contributed by atoms with Crippen molar-refractivity contribution in [1.82, 2.24) is 0 Å². The van der Waals surface area contributed by atoms with Gasteiger partial charge >= 0.3 is 17.9 Å². The van der Waals surface area contributed by atoms with Crippen LogP contribution < -0.4 is 0 Å². The maximum absolute atomic E-state index is 12.7. The van der Waals surface area contributed by atoms with Crippen molar-refractivity contribution in [3.05, 3.63) is 0 Å². The van der Waals surface area contributed by atoms with Gasteiger partial charge in [0.25, 0.3) is 0 Å². The maximum atomic E-state index is 12.7. The predicted molar refractivity (Wildman–Crippen MR) is 238 cm³/mol. The third kappa shape index (κ3) is 43.5. The minimum Gasteiger partial charge on any atom is -0.462 e. The lowest BCUT2D eigenvalue weighted by molar-refractivity contribution is -0.167. The number of unbranched alkanes of at least 4 members (excludes halogenated alkanes) is 29. The molecule has 0 aliphatic rings. The lowest BCUT2D eigenvalue weighted by Crippen LogP contribution is -2.30. The van der Waals surface area contributed by atoms with Gasteiger partial charge in [-0.1, -0.05) is 234 Å². The summed E-state index contributed by atoms with van der Waals surface area (Å²) >= 11 is 0.